The van der Waals surface area contributed by atoms with Crippen LogP contribution in [0, 0.1) is 6.92 Å². The van der Waals surface area contributed by atoms with Gasteiger partial charge in [-0.2, -0.15) is 0 Å². The van der Waals surface area contributed by atoms with E-state index in [-0.39, 0.29) is 18.0 Å². The number of likely N-dealkylation sites (N-methyl/N-ethyl adjacent to an activating group) is 2. The number of carbonyl (C=O) groups excluding carboxylic acids is 1. The monoisotopic (exact) mass is 263 g/mol. The van der Waals surface area contributed by atoms with Crippen molar-refractivity contribution in [3.63, 3.8) is 0 Å². The first-order valence-corrected chi connectivity index (χ1v) is 6.55. The Morgan fingerprint density at radius 3 is 2.16 bits per heavy atom. The van der Waals surface area contributed by atoms with Crippen molar-refractivity contribution >= 4 is 5.91 Å². The first-order valence-electron chi connectivity index (χ1n) is 6.55. The lowest BCUT2D eigenvalue weighted by molar-refractivity contribution is -0.130. The van der Waals surface area contributed by atoms with Gasteiger partial charge in [0.25, 0.3) is 0 Å². The zero-order valence-electron chi connectivity index (χ0n) is 12.6. The molecule has 4 heteroatoms. The number of carbonyl (C=O) groups is 1. The van der Waals surface area contributed by atoms with Gasteiger partial charge in [-0.15, -0.1) is 0 Å². The van der Waals surface area contributed by atoms with Crippen LogP contribution >= 0.6 is 0 Å². The van der Waals surface area contributed by atoms with Crippen LogP contribution in [-0.2, 0) is 4.79 Å². The third kappa shape index (κ3) is 4.33. The minimum atomic E-state index is -0.0392. The summed E-state index contributed by atoms with van der Waals surface area (Å²) < 4.78 is 0. The Labute approximate surface area is 116 Å². The molecule has 4 nitrogen and oxygen atoms in total. The van der Waals surface area contributed by atoms with Crippen LogP contribution in [0.3, 0.4) is 0 Å². The van der Waals surface area contributed by atoms with Gasteiger partial charge in [-0.1, -0.05) is 29.8 Å². The fourth-order valence-electron chi connectivity index (χ4n) is 2.18. The van der Waals surface area contributed by atoms with E-state index in [4.69, 9.17) is 5.73 Å². The topological polar surface area (TPSA) is 49.6 Å². The highest BCUT2D eigenvalue weighted by Crippen LogP contribution is 2.22. The molecule has 0 bridgehead atoms. The van der Waals surface area contributed by atoms with Crippen molar-refractivity contribution in [3.8, 4) is 0 Å². The molecule has 0 aliphatic rings. The number of benzene rings is 1. The summed E-state index contributed by atoms with van der Waals surface area (Å²) in [6.45, 7) is 4.40. The van der Waals surface area contributed by atoms with Crippen molar-refractivity contribution in [2.24, 2.45) is 5.73 Å². The molecular weight excluding hydrogens is 238 g/mol. The highest BCUT2D eigenvalue weighted by atomic mass is 16.2. The van der Waals surface area contributed by atoms with Gasteiger partial charge in [0.05, 0.1) is 6.54 Å². The first kappa shape index (κ1) is 15.7. The minimum absolute atomic E-state index is 0.0392. The lowest BCUT2D eigenvalue weighted by Gasteiger charge is -2.31. The molecule has 19 heavy (non-hydrogen) atoms. The number of nitrogens with zero attached hydrogens (tertiary/aromatic N) is 2. The van der Waals surface area contributed by atoms with Crippen LogP contribution < -0.4 is 5.73 Å². The molecule has 106 valence electrons. The van der Waals surface area contributed by atoms with Crippen molar-refractivity contribution < 1.29 is 4.79 Å². The molecule has 2 N–H and O–H groups in total. The number of aryl methyl sites for hydroxylation is 1. The van der Waals surface area contributed by atoms with Gasteiger partial charge in [0.2, 0.25) is 5.91 Å². The van der Waals surface area contributed by atoms with Crippen LogP contribution in [0.2, 0.25) is 0 Å². The van der Waals surface area contributed by atoms with Crippen LogP contribution in [0.5, 0.6) is 0 Å². The Kier molecular flexibility index (Phi) is 5.51. The zero-order chi connectivity index (χ0) is 14.6. The van der Waals surface area contributed by atoms with E-state index in [0.717, 1.165) is 5.56 Å². The van der Waals surface area contributed by atoms with Gasteiger partial charge in [0.15, 0.2) is 0 Å². The fourth-order valence-corrected chi connectivity index (χ4v) is 2.18. The largest absolute Gasteiger partial charge is 0.348 e. The van der Waals surface area contributed by atoms with E-state index in [2.05, 4.69) is 31.2 Å². The van der Waals surface area contributed by atoms with Gasteiger partial charge in [-0.25, -0.2) is 0 Å². The molecule has 1 amide bonds. The zero-order valence-corrected chi connectivity index (χ0v) is 12.6. The molecule has 0 heterocycles. The highest BCUT2D eigenvalue weighted by Gasteiger charge is 2.23. The summed E-state index contributed by atoms with van der Waals surface area (Å²) in [6.07, 6.45) is 0. The van der Waals surface area contributed by atoms with E-state index in [1.807, 2.05) is 18.9 Å². The molecular formula is C15H25N3O. The fraction of sp³-hybridized carbons (Fsp3) is 0.533. The maximum absolute atomic E-state index is 11.8. The van der Waals surface area contributed by atoms with Gasteiger partial charge in [-0.3, -0.25) is 9.69 Å². The molecule has 1 aromatic carbocycles. The molecule has 2 unspecified atom stereocenters. The number of amides is 1. The summed E-state index contributed by atoms with van der Waals surface area (Å²) in [5, 5.41) is 0. The molecule has 2 atom stereocenters. The van der Waals surface area contributed by atoms with E-state index in [9.17, 15) is 4.79 Å². The van der Waals surface area contributed by atoms with E-state index in [0.29, 0.717) is 6.54 Å². The van der Waals surface area contributed by atoms with Crippen molar-refractivity contribution in [2.75, 3.05) is 27.7 Å². The second-order valence-electron chi connectivity index (χ2n) is 5.42. The van der Waals surface area contributed by atoms with Crippen LogP contribution in [-0.4, -0.2) is 49.4 Å². The smallest absolute Gasteiger partial charge is 0.236 e. The van der Waals surface area contributed by atoms with Crippen molar-refractivity contribution in [1.29, 1.82) is 0 Å². The molecule has 0 aliphatic heterocycles. The van der Waals surface area contributed by atoms with Gasteiger partial charge < -0.3 is 10.6 Å². The molecule has 0 fully saturated rings. The first-order chi connectivity index (χ1) is 8.82. The summed E-state index contributed by atoms with van der Waals surface area (Å²) in [7, 11) is 5.47. The summed E-state index contributed by atoms with van der Waals surface area (Å²) in [5.41, 5.74) is 8.46. The third-order valence-electron chi connectivity index (χ3n) is 3.28. The molecule has 0 radical (unpaired) electrons. The maximum atomic E-state index is 11.8. The second kappa shape index (κ2) is 6.68. The summed E-state index contributed by atoms with van der Waals surface area (Å²) in [4.78, 5) is 15.4. The average molecular weight is 263 g/mol. The number of rotatable bonds is 5. The summed E-state index contributed by atoms with van der Waals surface area (Å²) in [6, 6.07) is 8.32. The average Bonchev–Trinajstić information content (AvgIpc) is 2.31. The molecule has 1 rings (SSSR count). The van der Waals surface area contributed by atoms with Crippen LogP contribution in [0.25, 0.3) is 0 Å². The lowest BCUT2D eigenvalue weighted by Crippen LogP contribution is -2.42. The predicted octanol–water partition coefficient (Wildman–Crippen LogP) is 1.40. The molecule has 0 aromatic heterocycles. The quantitative estimate of drug-likeness (QED) is 0.873. The van der Waals surface area contributed by atoms with Crippen LogP contribution in [0.15, 0.2) is 24.3 Å². The second-order valence-corrected chi connectivity index (χ2v) is 5.42. The molecule has 0 aliphatic carbocycles. The minimum Gasteiger partial charge on any atom is -0.348 e. The Balaban J connectivity index is 2.88. The van der Waals surface area contributed by atoms with Crippen LogP contribution in [0.1, 0.15) is 24.1 Å². The standard InChI is InChI=1S/C15H25N3O/c1-11-6-8-13(9-7-11)15(12(2)16)18(5)10-14(19)17(3)4/h6-9,12,15H,10,16H2,1-5H3. The SMILES string of the molecule is Cc1ccc(C(C(C)N)N(C)CC(=O)N(C)C)cc1. The number of nitrogens with two attached hydrogens (primary N) is 1. The Morgan fingerprint density at radius 2 is 1.74 bits per heavy atom. The molecule has 0 saturated carbocycles. The van der Waals surface area contributed by atoms with Crippen molar-refractivity contribution in [2.45, 2.75) is 25.9 Å². The predicted molar refractivity (Wildman–Crippen MR) is 78.9 cm³/mol. The third-order valence-corrected chi connectivity index (χ3v) is 3.28. The van der Waals surface area contributed by atoms with Crippen molar-refractivity contribution in [3.05, 3.63) is 35.4 Å². The summed E-state index contributed by atoms with van der Waals surface area (Å²) >= 11 is 0. The van der Waals surface area contributed by atoms with Gasteiger partial charge >= 0.3 is 0 Å². The van der Waals surface area contributed by atoms with Crippen molar-refractivity contribution in [1.82, 2.24) is 9.80 Å². The molecule has 0 spiro atoms. The Bertz CT molecular complexity index is 412. The normalized spacial score (nSPS) is 14.3. The van der Waals surface area contributed by atoms with E-state index in [1.54, 1.807) is 19.0 Å². The van der Waals surface area contributed by atoms with Gasteiger partial charge in [0, 0.05) is 26.2 Å². The summed E-state index contributed by atoms with van der Waals surface area (Å²) in [5.74, 6) is 0.0836. The Hall–Kier alpha value is -1.39. The van der Waals surface area contributed by atoms with Gasteiger partial charge in [-0.05, 0) is 26.5 Å². The Morgan fingerprint density at radius 1 is 1.21 bits per heavy atom. The maximum Gasteiger partial charge on any atom is 0.236 e. The molecule has 1 aromatic rings. The van der Waals surface area contributed by atoms with Crippen LogP contribution in [0.4, 0.5) is 0 Å². The molecule has 0 saturated heterocycles. The number of hydrogen-bond donors (Lipinski definition) is 1. The lowest BCUT2D eigenvalue weighted by atomic mass is 9.98. The number of hydrogen-bond acceptors (Lipinski definition) is 3. The van der Waals surface area contributed by atoms with Gasteiger partial charge in [0.1, 0.15) is 0 Å². The highest BCUT2D eigenvalue weighted by molar-refractivity contribution is 5.77. The van der Waals surface area contributed by atoms with E-state index >= 15 is 0 Å². The van der Waals surface area contributed by atoms with E-state index in [1.165, 1.54) is 5.56 Å². The van der Waals surface area contributed by atoms with E-state index < -0.39 is 0 Å².